The Balaban J connectivity index is 2.07. The summed E-state index contributed by atoms with van der Waals surface area (Å²) in [4.78, 5) is 25.8. The monoisotopic (exact) mass is 310 g/mol. The van der Waals surface area contributed by atoms with Crippen LogP contribution in [0.3, 0.4) is 0 Å². The second-order valence-electron chi connectivity index (χ2n) is 5.59. The summed E-state index contributed by atoms with van der Waals surface area (Å²) in [5.74, 6) is -0.332. The molecule has 1 N–H and O–H groups in total. The average Bonchev–Trinajstić information content (AvgIpc) is 2.54. The lowest BCUT2D eigenvalue weighted by molar-refractivity contribution is -0.123. The molecule has 2 rings (SSSR count). The topological polar surface area (TPSA) is 49.4 Å². The first-order valence-electron chi connectivity index (χ1n) is 7.67. The van der Waals surface area contributed by atoms with E-state index in [1.54, 1.807) is 0 Å². The van der Waals surface area contributed by atoms with Gasteiger partial charge in [0, 0.05) is 12.6 Å². The van der Waals surface area contributed by atoms with Crippen molar-refractivity contribution in [1.82, 2.24) is 5.32 Å². The van der Waals surface area contributed by atoms with Crippen LogP contribution in [0.15, 0.2) is 54.6 Å². The summed E-state index contributed by atoms with van der Waals surface area (Å²) in [7, 11) is 0. The van der Waals surface area contributed by atoms with Gasteiger partial charge in [0.05, 0.1) is 6.04 Å². The van der Waals surface area contributed by atoms with Crippen LogP contribution in [0.1, 0.15) is 31.0 Å². The van der Waals surface area contributed by atoms with Gasteiger partial charge < -0.3 is 10.2 Å². The summed E-state index contributed by atoms with van der Waals surface area (Å²) in [6, 6.07) is 17.2. The maximum absolute atomic E-state index is 12.3. The van der Waals surface area contributed by atoms with E-state index in [4.69, 9.17) is 0 Å². The maximum Gasteiger partial charge on any atom is 0.240 e. The highest BCUT2D eigenvalue weighted by molar-refractivity contribution is 5.98. The molecule has 0 radical (unpaired) electrons. The number of benzene rings is 2. The van der Waals surface area contributed by atoms with E-state index >= 15 is 0 Å². The Hall–Kier alpha value is -2.62. The second-order valence-corrected chi connectivity index (χ2v) is 5.59. The number of carbonyl (C=O) groups is 2. The molecule has 2 aromatic rings. The lowest BCUT2D eigenvalue weighted by atomic mass is 10.1. The number of aryl methyl sites for hydroxylation is 1. The van der Waals surface area contributed by atoms with Gasteiger partial charge in [-0.25, -0.2) is 0 Å². The number of rotatable bonds is 5. The lowest BCUT2D eigenvalue weighted by Crippen LogP contribution is -2.41. The third-order valence-electron chi connectivity index (χ3n) is 3.77. The van der Waals surface area contributed by atoms with E-state index in [-0.39, 0.29) is 24.4 Å². The van der Waals surface area contributed by atoms with E-state index in [1.807, 2.05) is 68.4 Å². The zero-order valence-corrected chi connectivity index (χ0v) is 13.7. The van der Waals surface area contributed by atoms with E-state index < -0.39 is 0 Å². The molecule has 120 valence electrons. The van der Waals surface area contributed by atoms with E-state index in [1.165, 1.54) is 11.8 Å². The smallest absolute Gasteiger partial charge is 0.240 e. The minimum Gasteiger partial charge on any atom is -0.348 e. The van der Waals surface area contributed by atoms with Gasteiger partial charge in [-0.2, -0.15) is 0 Å². The van der Waals surface area contributed by atoms with Gasteiger partial charge in [0.25, 0.3) is 0 Å². The van der Waals surface area contributed by atoms with Gasteiger partial charge in [-0.1, -0.05) is 48.5 Å². The molecule has 0 fully saturated rings. The third-order valence-corrected chi connectivity index (χ3v) is 3.77. The van der Waals surface area contributed by atoms with Crippen LogP contribution in [0.5, 0.6) is 0 Å². The molecule has 2 amide bonds. The maximum atomic E-state index is 12.3. The van der Waals surface area contributed by atoms with Crippen molar-refractivity contribution in [3.63, 3.8) is 0 Å². The number of hydrogen-bond donors (Lipinski definition) is 1. The first-order chi connectivity index (χ1) is 11.0. The molecule has 0 aliphatic rings. The van der Waals surface area contributed by atoms with Crippen molar-refractivity contribution < 1.29 is 9.59 Å². The van der Waals surface area contributed by atoms with Gasteiger partial charge in [0.2, 0.25) is 11.8 Å². The Morgan fingerprint density at radius 3 is 2.26 bits per heavy atom. The molecular formula is C19H22N2O2. The summed E-state index contributed by atoms with van der Waals surface area (Å²) >= 11 is 0. The predicted molar refractivity (Wildman–Crippen MR) is 92.2 cm³/mol. The first-order valence-corrected chi connectivity index (χ1v) is 7.67. The number of hydrogen-bond acceptors (Lipinski definition) is 2. The molecule has 0 aromatic heterocycles. The quantitative estimate of drug-likeness (QED) is 0.922. The van der Waals surface area contributed by atoms with Gasteiger partial charge in [0.15, 0.2) is 0 Å². The van der Waals surface area contributed by atoms with Crippen molar-refractivity contribution in [2.45, 2.75) is 26.8 Å². The number of nitrogens with zero attached hydrogens (tertiary/aromatic N) is 1. The minimum atomic E-state index is -0.181. The fourth-order valence-corrected chi connectivity index (χ4v) is 2.49. The molecule has 1 atom stereocenters. The number of carbonyl (C=O) groups excluding carboxylic acids is 2. The van der Waals surface area contributed by atoms with E-state index in [2.05, 4.69) is 5.32 Å². The second kappa shape index (κ2) is 7.58. The standard InChI is InChI=1S/C19H22N2O2/c1-14-9-7-8-12-18(14)21(16(3)22)13-19(23)20-15(2)17-10-5-4-6-11-17/h4-12,15H,13H2,1-3H3,(H,20,23). The van der Waals surface area contributed by atoms with Crippen molar-refractivity contribution in [3.05, 3.63) is 65.7 Å². The predicted octanol–water partition coefficient (Wildman–Crippen LogP) is 3.23. The fraction of sp³-hybridized carbons (Fsp3) is 0.263. The van der Waals surface area contributed by atoms with Crippen LogP contribution in [0.25, 0.3) is 0 Å². The summed E-state index contributed by atoms with van der Waals surface area (Å²) in [6.07, 6.45) is 0. The highest BCUT2D eigenvalue weighted by Crippen LogP contribution is 2.19. The Kier molecular flexibility index (Phi) is 5.52. The lowest BCUT2D eigenvalue weighted by Gasteiger charge is -2.23. The Labute approximate surface area is 137 Å². The normalized spacial score (nSPS) is 11.6. The van der Waals surface area contributed by atoms with Crippen LogP contribution in [0.2, 0.25) is 0 Å². The summed E-state index contributed by atoms with van der Waals surface area (Å²) in [6.45, 7) is 5.34. The van der Waals surface area contributed by atoms with Gasteiger partial charge in [-0.3, -0.25) is 9.59 Å². The summed E-state index contributed by atoms with van der Waals surface area (Å²) in [5.41, 5.74) is 2.76. The van der Waals surface area contributed by atoms with Crippen LogP contribution < -0.4 is 10.2 Å². The fourth-order valence-electron chi connectivity index (χ4n) is 2.49. The van der Waals surface area contributed by atoms with E-state index in [0.29, 0.717) is 0 Å². The Bertz CT molecular complexity index is 683. The number of anilines is 1. The van der Waals surface area contributed by atoms with Crippen LogP contribution in [-0.4, -0.2) is 18.4 Å². The molecule has 4 nitrogen and oxygen atoms in total. The van der Waals surface area contributed by atoms with Crippen LogP contribution in [0, 0.1) is 6.92 Å². The van der Waals surface area contributed by atoms with Crippen molar-refractivity contribution in [3.8, 4) is 0 Å². The van der Waals surface area contributed by atoms with Crippen LogP contribution in [0.4, 0.5) is 5.69 Å². The average molecular weight is 310 g/mol. The number of amides is 2. The number of nitrogens with one attached hydrogen (secondary N) is 1. The van der Waals surface area contributed by atoms with Gasteiger partial charge in [-0.15, -0.1) is 0 Å². The Morgan fingerprint density at radius 2 is 1.65 bits per heavy atom. The highest BCUT2D eigenvalue weighted by atomic mass is 16.2. The molecule has 0 saturated heterocycles. The molecule has 4 heteroatoms. The van der Waals surface area contributed by atoms with E-state index in [0.717, 1.165) is 16.8 Å². The van der Waals surface area contributed by atoms with Gasteiger partial charge >= 0.3 is 0 Å². The summed E-state index contributed by atoms with van der Waals surface area (Å²) < 4.78 is 0. The van der Waals surface area contributed by atoms with Crippen LogP contribution in [-0.2, 0) is 9.59 Å². The minimum absolute atomic E-state index is 0.0113. The Morgan fingerprint density at radius 1 is 1.04 bits per heavy atom. The molecular weight excluding hydrogens is 288 g/mol. The highest BCUT2D eigenvalue weighted by Gasteiger charge is 2.18. The molecule has 1 unspecified atom stereocenters. The SMILES string of the molecule is CC(=O)N(CC(=O)NC(C)c1ccccc1)c1ccccc1C. The molecule has 0 heterocycles. The van der Waals surface area contributed by atoms with Crippen LogP contribution >= 0.6 is 0 Å². The zero-order valence-electron chi connectivity index (χ0n) is 13.7. The number of para-hydroxylation sites is 1. The molecule has 0 saturated carbocycles. The van der Waals surface area contributed by atoms with Crippen molar-refractivity contribution >= 4 is 17.5 Å². The molecule has 23 heavy (non-hydrogen) atoms. The molecule has 0 aliphatic carbocycles. The zero-order chi connectivity index (χ0) is 16.8. The largest absolute Gasteiger partial charge is 0.348 e. The summed E-state index contributed by atoms with van der Waals surface area (Å²) in [5, 5.41) is 2.94. The van der Waals surface area contributed by atoms with Gasteiger partial charge in [0.1, 0.15) is 6.54 Å². The molecule has 0 bridgehead atoms. The molecule has 0 aliphatic heterocycles. The molecule has 2 aromatic carbocycles. The molecule has 0 spiro atoms. The first kappa shape index (κ1) is 16.7. The van der Waals surface area contributed by atoms with Crippen molar-refractivity contribution in [1.29, 1.82) is 0 Å². The van der Waals surface area contributed by atoms with Crippen molar-refractivity contribution in [2.75, 3.05) is 11.4 Å². The van der Waals surface area contributed by atoms with E-state index in [9.17, 15) is 9.59 Å². The third kappa shape index (κ3) is 4.42. The van der Waals surface area contributed by atoms with Crippen molar-refractivity contribution in [2.24, 2.45) is 0 Å². The van der Waals surface area contributed by atoms with Gasteiger partial charge in [-0.05, 0) is 31.0 Å².